The summed E-state index contributed by atoms with van der Waals surface area (Å²) in [6.07, 6.45) is 2.53. The molecule has 0 aromatic carbocycles. The van der Waals surface area contributed by atoms with Crippen molar-refractivity contribution in [3.63, 3.8) is 0 Å². The van der Waals surface area contributed by atoms with Crippen LogP contribution in [-0.4, -0.2) is 38.2 Å². The number of nitrogens with zero attached hydrogens (tertiary/aromatic N) is 5. The van der Waals surface area contributed by atoms with Crippen molar-refractivity contribution in [1.82, 2.24) is 34.5 Å². The van der Waals surface area contributed by atoms with Gasteiger partial charge in [0, 0.05) is 10.9 Å². The highest BCUT2D eigenvalue weighted by Crippen LogP contribution is 2.20. The van der Waals surface area contributed by atoms with Crippen LogP contribution >= 0.6 is 11.3 Å². The average Bonchev–Trinajstić information content (AvgIpc) is 3.33. The van der Waals surface area contributed by atoms with Gasteiger partial charge in [-0.3, -0.25) is 0 Å². The molecule has 9 nitrogen and oxygen atoms in total. The summed E-state index contributed by atoms with van der Waals surface area (Å²) in [5.74, 6) is 0.394. The minimum Gasteiger partial charge on any atom is -0.335 e. The highest BCUT2D eigenvalue weighted by Gasteiger charge is 2.17. The quantitative estimate of drug-likeness (QED) is 0.549. The molecule has 24 heavy (non-hydrogen) atoms. The predicted molar refractivity (Wildman–Crippen MR) is 86.7 cm³/mol. The molecule has 0 spiro atoms. The maximum atomic E-state index is 12.1. The van der Waals surface area contributed by atoms with Gasteiger partial charge >= 0.3 is 0 Å². The van der Waals surface area contributed by atoms with E-state index in [1.165, 1.54) is 17.0 Å². The van der Waals surface area contributed by atoms with E-state index >= 15 is 0 Å². The summed E-state index contributed by atoms with van der Waals surface area (Å²) in [7, 11) is -3.69. The molecule has 4 rings (SSSR count). The van der Waals surface area contributed by atoms with Gasteiger partial charge in [0.05, 0.1) is 24.8 Å². The van der Waals surface area contributed by atoms with Crippen molar-refractivity contribution in [3.05, 3.63) is 47.3 Å². The minimum atomic E-state index is -3.69. The third kappa shape index (κ3) is 2.68. The number of rotatable bonds is 5. The number of hydrogen-bond donors (Lipinski definition) is 2. The second kappa shape index (κ2) is 5.78. The first-order valence-electron chi connectivity index (χ1n) is 6.85. The second-order valence-corrected chi connectivity index (χ2v) is 7.37. The number of nitrogens with one attached hydrogen (secondary N) is 2. The van der Waals surface area contributed by atoms with E-state index in [1.54, 1.807) is 17.4 Å². The van der Waals surface area contributed by atoms with Crippen LogP contribution in [0.15, 0.2) is 46.5 Å². The van der Waals surface area contributed by atoms with E-state index in [2.05, 4.69) is 30.0 Å². The van der Waals surface area contributed by atoms with Crippen molar-refractivity contribution in [2.45, 2.75) is 11.6 Å². The topological polar surface area (TPSA) is 118 Å². The van der Waals surface area contributed by atoms with Gasteiger partial charge in [-0.1, -0.05) is 0 Å². The summed E-state index contributed by atoms with van der Waals surface area (Å²) in [6, 6.07) is 5.61. The molecule has 0 saturated carbocycles. The van der Waals surface area contributed by atoms with Crippen LogP contribution in [0.3, 0.4) is 0 Å². The van der Waals surface area contributed by atoms with Crippen LogP contribution in [0, 0.1) is 0 Å². The molecular formula is C13H11N7O2S2. The lowest BCUT2D eigenvalue weighted by Crippen LogP contribution is -2.25. The Morgan fingerprint density at radius 1 is 1.25 bits per heavy atom. The lowest BCUT2D eigenvalue weighted by molar-refractivity contribution is 0.575. The monoisotopic (exact) mass is 361 g/mol. The van der Waals surface area contributed by atoms with Crippen molar-refractivity contribution < 1.29 is 8.42 Å². The molecule has 0 unspecified atom stereocenters. The number of H-pyrrole nitrogens is 1. The molecule has 4 aromatic rings. The van der Waals surface area contributed by atoms with Gasteiger partial charge in [0.15, 0.2) is 16.5 Å². The largest absolute Gasteiger partial charge is 0.335 e. The Morgan fingerprint density at radius 2 is 2.17 bits per heavy atom. The van der Waals surface area contributed by atoms with E-state index in [9.17, 15) is 8.42 Å². The van der Waals surface area contributed by atoms with Gasteiger partial charge in [0.1, 0.15) is 0 Å². The van der Waals surface area contributed by atoms with Crippen LogP contribution in [0.25, 0.3) is 16.9 Å². The lowest BCUT2D eigenvalue weighted by atomic mass is 10.2. The number of sulfonamides is 1. The summed E-state index contributed by atoms with van der Waals surface area (Å²) in [6.45, 7) is -0.0391. The number of aromatic nitrogens is 6. The SMILES string of the molecule is O=S(=O)(NCc1nnc2ccc(-c3ccsc3)nn12)c1cnc[nH]1. The third-order valence-electron chi connectivity index (χ3n) is 3.33. The average molecular weight is 361 g/mol. The zero-order chi connectivity index (χ0) is 16.6. The van der Waals surface area contributed by atoms with Crippen LogP contribution in [0.5, 0.6) is 0 Å². The summed E-state index contributed by atoms with van der Waals surface area (Å²) in [5, 5.41) is 16.4. The first-order valence-corrected chi connectivity index (χ1v) is 9.28. The normalized spacial score (nSPS) is 12.0. The number of fused-ring (bicyclic) bond motifs is 1. The fraction of sp³-hybridized carbons (Fsp3) is 0.0769. The van der Waals surface area contributed by atoms with Crippen molar-refractivity contribution in [3.8, 4) is 11.3 Å². The fourth-order valence-corrected chi connectivity index (χ4v) is 3.67. The van der Waals surface area contributed by atoms with Crippen LogP contribution in [0.1, 0.15) is 5.82 Å². The van der Waals surface area contributed by atoms with Crippen LogP contribution < -0.4 is 4.72 Å². The van der Waals surface area contributed by atoms with Gasteiger partial charge in [-0.2, -0.15) is 21.0 Å². The maximum absolute atomic E-state index is 12.1. The molecule has 0 fully saturated rings. The van der Waals surface area contributed by atoms with E-state index in [0.717, 1.165) is 11.3 Å². The minimum absolute atomic E-state index is 0.0109. The molecule has 0 saturated heterocycles. The summed E-state index contributed by atoms with van der Waals surface area (Å²) < 4.78 is 28.2. The first-order chi connectivity index (χ1) is 11.6. The fourth-order valence-electron chi connectivity index (χ4n) is 2.14. The van der Waals surface area contributed by atoms with E-state index in [-0.39, 0.29) is 11.6 Å². The predicted octanol–water partition coefficient (Wildman–Crippen LogP) is 1.05. The number of thiophene rings is 1. The Labute approximate surface area is 140 Å². The Balaban J connectivity index is 1.64. The standard InChI is InChI=1S/C13H11N7O2S2/c21-24(22,13-6-14-8-15-13)16-5-12-18-17-11-2-1-10(19-20(11)12)9-3-4-23-7-9/h1-4,6-8,16H,5H2,(H,14,15). The molecule has 122 valence electrons. The van der Waals surface area contributed by atoms with Gasteiger partial charge in [0.2, 0.25) is 0 Å². The Hall–Kier alpha value is -2.63. The molecule has 4 aromatic heterocycles. The molecule has 4 heterocycles. The van der Waals surface area contributed by atoms with Gasteiger partial charge < -0.3 is 4.98 Å². The zero-order valence-corrected chi connectivity index (χ0v) is 13.8. The highest BCUT2D eigenvalue weighted by molar-refractivity contribution is 7.89. The van der Waals surface area contributed by atoms with E-state index < -0.39 is 10.0 Å². The van der Waals surface area contributed by atoms with E-state index in [0.29, 0.717) is 11.5 Å². The Kier molecular flexibility index (Phi) is 3.59. The zero-order valence-electron chi connectivity index (χ0n) is 12.1. The summed E-state index contributed by atoms with van der Waals surface area (Å²) in [5.41, 5.74) is 2.30. The van der Waals surface area contributed by atoms with Gasteiger partial charge in [-0.05, 0) is 23.6 Å². The van der Waals surface area contributed by atoms with Crippen molar-refractivity contribution >= 4 is 27.0 Å². The molecule has 0 aliphatic carbocycles. The second-order valence-electron chi connectivity index (χ2n) is 4.86. The van der Waals surface area contributed by atoms with Gasteiger partial charge in [-0.15, -0.1) is 10.2 Å². The molecule has 0 bridgehead atoms. The first kappa shape index (κ1) is 14.9. The third-order valence-corrected chi connectivity index (χ3v) is 5.34. The van der Waals surface area contributed by atoms with Gasteiger partial charge in [-0.25, -0.2) is 18.1 Å². The molecule has 11 heteroatoms. The van der Waals surface area contributed by atoms with Crippen LogP contribution in [0.2, 0.25) is 0 Å². The highest BCUT2D eigenvalue weighted by atomic mass is 32.2. The van der Waals surface area contributed by atoms with Crippen molar-refractivity contribution in [2.75, 3.05) is 0 Å². The van der Waals surface area contributed by atoms with E-state index in [4.69, 9.17) is 0 Å². The van der Waals surface area contributed by atoms with Crippen LogP contribution in [0.4, 0.5) is 0 Å². The Bertz CT molecular complexity index is 1070. The number of hydrogen-bond acceptors (Lipinski definition) is 7. The molecule has 0 aliphatic heterocycles. The molecule has 2 N–H and O–H groups in total. The van der Waals surface area contributed by atoms with Crippen molar-refractivity contribution in [2.24, 2.45) is 0 Å². The van der Waals surface area contributed by atoms with Crippen LogP contribution in [-0.2, 0) is 16.6 Å². The molecule has 0 aliphatic rings. The number of imidazole rings is 1. The maximum Gasteiger partial charge on any atom is 0.258 e. The molecular weight excluding hydrogens is 350 g/mol. The van der Waals surface area contributed by atoms with Crippen molar-refractivity contribution in [1.29, 1.82) is 0 Å². The lowest BCUT2D eigenvalue weighted by Gasteiger charge is -2.04. The number of aromatic amines is 1. The summed E-state index contributed by atoms with van der Waals surface area (Å²) >= 11 is 1.58. The molecule has 0 atom stereocenters. The van der Waals surface area contributed by atoms with E-state index in [1.807, 2.05) is 22.9 Å². The smallest absolute Gasteiger partial charge is 0.258 e. The molecule has 0 amide bonds. The molecule has 0 radical (unpaired) electrons. The summed E-state index contributed by atoms with van der Waals surface area (Å²) in [4.78, 5) is 6.26. The van der Waals surface area contributed by atoms with Gasteiger partial charge in [0.25, 0.3) is 10.0 Å². The Morgan fingerprint density at radius 3 is 2.92 bits per heavy atom.